The van der Waals surface area contributed by atoms with Gasteiger partial charge >= 0.3 is 7.12 Å². The number of carbonyl (C=O) groups is 1. The smallest absolute Gasteiger partial charge is 0.464 e. The summed E-state index contributed by atoms with van der Waals surface area (Å²) in [6, 6.07) is 7.48. The van der Waals surface area contributed by atoms with Crippen LogP contribution in [0.3, 0.4) is 0 Å². The molecule has 6 nitrogen and oxygen atoms in total. The molecule has 1 aliphatic rings. The number of benzene rings is 1. The van der Waals surface area contributed by atoms with Gasteiger partial charge in [0.05, 0.1) is 18.8 Å². The van der Waals surface area contributed by atoms with Crippen LogP contribution in [0.25, 0.3) is 11.0 Å². The number of fused-ring (bicyclic) bond motifs is 1. The minimum atomic E-state index is -1.66. The standard InChI is InChI=1S/C14H16BNO5S/c17-13(14-20-5-6-22-14)16-12(15(18)19)7-9-8-21-11-4-2-1-3-10(9)11/h1-4,8,12,14,18-19H,5-7H2,(H,16,17)/t12-,14?/m0/s1. The second-order valence-electron chi connectivity index (χ2n) is 5.06. The first kappa shape index (κ1) is 15.4. The van der Waals surface area contributed by atoms with Gasteiger partial charge in [-0.1, -0.05) is 18.2 Å². The van der Waals surface area contributed by atoms with Gasteiger partial charge in [-0.15, -0.1) is 11.8 Å². The summed E-state index contributed by atoms with van der Waals surface area (Å²) < 4.78 is 10.7. The molecule has 0 saturated carbocycles. The van der Waals surface area contributed by atoms with Crippen LogP contribution in [-0.2, 0) is 16.0 Å². The molecule has 1 unspecified atom stereocenters. The van der Waals surface area contributed by atoms with E-state index in [1.165, 1.54) is 11.8 Å². The lowest BCUT2D eigenvalue weighted by atomic mass is 9.76. The molecule has 1 amide bonds. The third kappa shape index (κ3) is 3.30. The third-order valence-electron chi connectivity index (χ3n) is 3.52. The van der Waals surface area contributed by atoms with Crippen LogP contribution >= 0.6 is 11.8 Å². The Labute approximate surface area is 132 Å². The molecule has 2 atom stereocenters. The van der Waals surface area contributed by atoms with Crippen LogP contribution in [0.1, 0.15) is 5.56 Å². The highest BCUT2D eigenvalue weighted by Crippen LogP contribution is 2.23. The van der Waals surface area contributed by atoms with Crippen molar-refractivity contribution in [3.8, 4) is 0 Å². The van der Waals surface area contributed by atoms with Gasteiger partial charge in [-0.2, -0.15) is 0 Å². The summed E-state index contributed by atoms with van der Waals surface area (Å²) >= 11 is 1.40. The predicted octanol–water partition coefficient (Wildman–Crippen LogP) is 0.562. The lowest BCUT2D eigenvalue weighted by Gasteiger charge is -2.19. The molecular weight excluding hydrogens is 305 g/mol. The molecule has 1 saturated heterocycles. The molecule has 0 aliphatic carbocycles. The SMILES string of the molecule is O=C(N[C@@H](Cc1coc2ccccc12)B(O)O)C1OCCS1. The van der Waals surface area contributed by atoms with Gasteiger partial charge in [-0.25, -0.2) is 0 Å². The van der Waals surface area contributed by atoms with Crippen molar-refractivity contribution in [1.29, 1.82) is 0 Å². The minimum absolute atomic E-state index is 0.262. The molecular formula is C14H16BNO5S. The molecule has 1 fully saturated rings. The van der Waals surface area contributed by atoms with Gasteiger partial charge in [0.15, 0.2) is 5.44 Å². The van der Waals surface area contributed by atoms with Crippen molar-refractivity contribution in [3.05, 3.63) is 36.1 Å². The Balaban J connectivity index is 1.72. The topological polar surface area (TPSA) is 91.9 Å². The first-order chi connectivity index (χ1) is 10.6. The average molecular weight is 321 g/mol. The highest BCUT2D eigenvalue weighted by molar-refractivity contribution is 8.00. The second-order valence-corrected chi connectivity index (χ2v) is 6.23. The first-order valence-corrected chi connectivity index (χ1v) is 8.05. The minimum Gasteiger partial charge on any atom is -0.464 e. The molecule has 8 heteroatoms. The Kier molecular flexibility index (Phi) is 4.73. The van der Waals surface area contributed by atoms with Crippen molar-refractivity contribution >= 4 is 35.8 Å². The van der Waals surface area contributed by atoms with Crippen LogP contribution in [0.15, 0.2) is 34.9 Å². The summed E-state index contributed by atoms with van der Waals surface area (Å²) in [5.74, 6) is -0.400. The van der Waals surface area contributed by atoms with E-state index in [9.17, 15) is 14.8 Å². The van der Waals surface area contributed by atoms with Crippen LogP contribution < -0.4 is 5.32 Å². The fourth-order valence-corrected chi connectivity index (χ4v) is 3.24. The largest absolute Gasteiger partial charge is 0.475 e. The van der Waals surface area contributed by atoms with E-state index in [4.69, 9.17) is 9.15 Å². The van der Waals surface area contributed by atoms with E-state index in [0.717, 1.165) is 22.3 Å². The van der Waals surface area contributed by atoms with Gasteiger partial charge in [0, 0.05) is 11.1 Å². The van der Waals surface area contributed by atoms with Gasteiger partial charge in [0.2, 0.25) is 0 Å². The van der Waals surface area contributed by atoms with Crippen LogP contribution in [0.4, 0.5) is 0 Å². The molecule has 0 spiro atoms. The van der Waals surface area contributed by atoms with Crippen LogP contribution in [-0.4, -0.2) is 46.8 Å². The van der Waals surface area contributed by atoms with Crippen molar-refractivity contribution < 1.29 is 24.0 Å². The maximum atomic E-state index is 12.0. The monoisotopic (exact) mass is 321 g/mol. The lowest BCUT2D eigenvalue weighted by Crippen LogP contribution is -2.50. The molecule has 22 heavy (non-hydrogen) atoms. The number of nitrogens with one attached hydrogen (secondary N) is 1. The quantitative estimate of drug-likeness (QED) is 0.697. The Morgan fingerprint density at radius 3 is 3.00 bits per heavy atom. The molecule has 0 radical (unpaired) electrons. The zero-order chi connectivity index (χ0) is 15.5. The van der Waals surface area contributed by atoms with Crippen LogP contribution in [0.5, 0.6) is 0 Å². The third-order valence-corrected chi connectivity index (χ3v) is 4.58. The van der Waals surface area contributed by atoms with Gasteiger partial charge in [-0.05, 0) is 18.1 Å². The number of furan rings is 1. The number of para-hydroxylation sites is 1. The lowest BCUT2D eigenvalue weighted by molar-refractivity contribution is -0.127. The fourth-order valence-electron chi connectivity index (χ4n) is 2.42. The van der Waals surface area contributed by atoms with Gasteiger partial charge in [0.1, 0.15) is 5.58 Å². The predicted molar refractivity (Wildman–Crippen MR) is 84.2 cm³/mol. The molecule has 1 aromatic heterocycles. The molecule has 116 valence electrons. The Bertz CT molecular complexity index is 655. The van der Waals surface area contributed by atoms with E-state index in [1.807, 2.05) is 24.3 Å². The summed E-state index contributed by atoms with van der Waals surface area (Å²) in [6.07, 6.45) is 1.84. The molecule has 1 aromatic carbocycles. The molecule has 2 aromatic rings. The van der Waals surface area contributed by atoms with Crippen molar-refractivity contribution in [2.75, 3.05) is 12.4 Å². The Morgan fingerprint density at radius 1 is 1.45 bits per heavy atom. The van der Waals surface area contributed by atoms with E-state index >= 15 is 0 Å². The summed E-state index contributed by atoms with van der Waals surface area (Å²) in [5.41, 5.74) is 0.959. The van der Waals surface area contributed by atoms with Crippen molar-refractivity contribution in [2.45, 2.75) is 17.8 Å². The van der Waals surface area contributed by atoms with E-state index in [-0.39, 0.29) is 12.3 Å². The van der Waals surface area contributed by atoms with E-state index < -0.39 is 18.5 Å². The number of amides is 1. The summed E-state index contributed by atoms with van der Waals surface area (Å²) in [7, 11) is -1.66. The van der Waals surface area contributed by atoms with Crippen molar-refractivity contribution in [1.82, 2.24) is 5.32 Å². The van der Waals surface area contributed by atoms with Crippen LogP contribution in [0.2, 0.25) is 0 Å². The van der Waals surface area contributed by atoms with Crippen molar-refractivity contribution in [2.24, 2.45) is 0 Å². The molecule has 2 heterocycles. The zero-order valence-electron chi connectivity index (χ0n) is 11.8. The first-order valence-electron chi connectivity index (χ1n) is 7.00. The van der Waals surface area contributed by atoms with Crippen LogP contribution in [0, 0.1) is 0 Å². The highest BCUT2D eigenvalue weighted by Gasteiger charge is 2.31. The maximum Gasteiger partial charge on any atom is 0.475 e. The zero-order valence-corrected chi connectivity index (χ0v) is 12.6. The highest BCUT2D eigenvalue weighted by atomic mass is 32.2. The normalized spacial score (nSPS) is 19.3. The molecule has 1 aliphatic heterocycles. The molecule has 3 N–H and O–H groups in total. The summed E-state index contributed by atoms with van der Waals surface area (Å²) in [6.45, 7) is 0.529. The Morgan fingerprint density at radius 2 is 2.27 bits per heavy atom. The average Bonchev–Trinajstić information content (AvgIpc) is 3.16. The fraction of sp³-hybridized carbons (Fsp3) is 0.357. The number of carbonyl (C=O) groups excluding carboxylic acids is 1. The van der Waals surface area contributed by atoms with E-state index in [1.54, 1.807) is 6.26 Å². The Hall–Kier alpha value is -1.48. The van der Waals surface area contributed by atoms with Gasteiger partial charge in [-0.3, -0.25) is 4.79 Å². The summed E-state index contributed by atoms with van der Waals surface area (Å²) in [4.78, 5) is 12.0. The number of hydrogen-bond donors (Lipinski definition) is 3. The molecule has 3 rings (SSSR count). The van der Waals surface area contributed by atoms with Gasteiger partial charge < -0.3 is 24.5 Å². The van der Waals surface area contributed by atoms with E-state index in [0.29, 0.717) is 6.61 Å². The number of thioether (sulfide) groups is 1. The van der Waals surface area contributed by atoms with Crippen molar-refractivity contribution in [3.63, 3.8) is 0 Å². The van der Waals surface area contributed by atoms with E-state index in [2.05, 4.69) is 5.32 Å². The molecule has 0 bridgehead atoms. The summed E-state index contributed by atoms with van der Waals surface area (Å²) in [5, 5.41) is 22.6. The number of ether oxygens (including phenoxy) is 1. The second kappa shape index (κ2) is 6.74. The van der Waals surface area contributed by atoms with Gasteiger partial charge in [0.25, 0.3) is 5.91 Å². The maximum absolute atomic E-state index is 12.0. The number of hydrogen-bond acceptors (Lipinski definition) is 6. The number of rotatable bonds is 5.